The second-order valence-corrected chi connectivity index (χ2v) is 9.14. The number of hydrogen-bond donors (Lipinski definition) is 3. The van der Waals surface area contributed by atoms with Gasteiger partial charge in [-0.1, -0.05) is 52.9 Å². The van der Waals surface area contributed by atoms with Crippen molar-refractivity contribution in [2.75, 3.05) is 23.7 Å². The molecule has 0 radical (unpaired) electrons. The van der Waals surface area contributed by atoms with Crippen LogP contribution in [0, 0.1) is 11.2 Å². The van der Waals surface area contributed by atoms with Gasteiger partial charge in [0.2, 0.25) is 0 Å². The first-order valence-electron chi connectivity index (χ1n) is 11.5. The standard InChI is InChI=1S/C27H26FIN4O2/c28-23-16-19(25(30)33-14-4-1-5-15-33)10-13-21(23)26(34)32-24-7-3-2-6-22(24)27(35)31-20-11-8-18(17-29)9-12-20/h2-3,6-13,16,30H,1,4-5,14-15,17H2,(H,31,35)(H,32,34). The molecule has 180 valence electrons. The zero-order valence-electron chi connectivity index (χ0n) is 19.1. The second-order valence-electron chi connectivity index (χ2n) is 8.38. The molecule has 0 atom stereocenters. The molecule has 35 heavy (non-hydrogen) atoms. The first kappa shape index (κ1) is 24.8. The van der Waals surface area contributed by atoms with E-state index in [1.54, 1.807) is 30.3 Å². The van der Waals surface area contributed by atoms with Crippen LogP contribution >= 0.6 is 22.6 Å². The Bertz CT molecular complexity index is 1240. The van der Waals surface area contributed by atoms with E-state index in [2.05, 4.69) is 33.2 Å². The van der Waals surface area contributed by atoms with Gasteiger partial charge in [0.15, 0.2) is 0 Å². The van der Waals surface area contributed by atoms with Gasteiger partial charge < -0.3 is 15.5 Å². The molecule has 3 N–H and O–H groups in total. The van der Waals surface area contributed by atoms with Crippen LogP contribution in [0.25, 0.3) is 0 Å². The maximum Gasteiger partial charge on any atom is 0.258 e. The molecule has 3 aromatic carbocycles. The monoisotopic (exact) mass is 584 g/mol. The molecule has 3 aromatic rings. The van der Waals surface area contributed by atoms with E-state index in [0.29, 0.717) is 11.3 Å². The van der Waals surface area contributed by atoms with Crippen molar-refractivity contribution >= 4 is 51.6 Å². The molecular formula is C27H26FIN4O2. The molecule has 0 bridgehead atoms. The van der Waals surface area contributed by atoms with Gasteiger partial charge in [0.25, 0.3) is 11.8 Å². The summed E-state index contributed by atoms with van der Waals surface area (Å²) in [7, 11) is 0. The first-order chi connectivity index (χ1) is 17.0. The Balaban J connectivity index is 1.48. The number of anilines is 2. The summed E-state index contributed by atoms with van der Waals surface area (Å²) in [5, 5.41) is 13.9. The zero-order chi connectivity index (χ0) is 24.8. The number of hydrogen-bond acceptors (Lipinski definition) is 3. The lowest BCUT2D eigenvalue weighted by Crippen LogP contribution is -2.35. The van der Waals surface area contributed by atoms with Gasteiger partial charge in [-0.25, -0.2) is 4.39 Å². The van der Waals surface area contributed by atoms with E-state index in [4.69, 9.17) is 5.41 Å². The molecule has 1 saturated heterocycles. The predicted molar refractivity (Wildman–Crippen MR) is 145 cm³/mol. The topological polar surface area (TPSA) is 85.3 Å². The summed E-state index contributed by atoms with van der Waals surface area (Å²) in [5.41, 5.74) is 2.63. The minimum absolute atomic E-state index is 0.148. The van der Waals surface area contributed by atoms with Crippen molar-refractivity contribution in [2.24, 2.45) is 0 Å². The summed E-state index contributed by atoms with van der Waals surface area (Å²) in [6, 6.07) is 18.3. The van der Waals surface area contributed by atoms with Crippen LogP contribution in [0.5, 0.6) is 0 Å². The number of carbonyl (C=O) groups excluding carboxylic acids is 2. The minimum atomic E-state index is -0.709. The number of alkyl halides is 1. The minimum Gasteiger partial charge on any atom is -0.357 e. The zero-order valence-corrected chi connectivity index (χ0v) is 21.3. The van der Waals surface area contributed by atoms with Gasteiger partial charge in [-0.2, -0.15) is 0 Å². The highest BCUT2D eigenvalue weighted by atomic mass is 127. The van der Waals surface area contributed by atoms with E-state index in [9.17, 15) is 14.0 Å². The lowest BCUT2D eigenvalue weighted by Gasteiger charge is -2.29. The average Bonchev–Trinajstić information content (AvgIpc) is 2.89. The summed E-state index contributed by atoms with van der Waals surface area (Å²) in [5.74, 6) is -1.48. The summed E-state index contributed by atoms with van der Waals surface area (Å²) in [4.78, 5) is 27.7. The van der Waals surface area contributed by atoms with E-state index in [1.807, 2.05) is 29.2 Å². The molecule has 1 heterocycles. The molecule has 1 fully saturated rings. The van der Waals surface area contributed by atoms with Crippen LogP contribution < -0.4 is 10.6 Å². The van der Waals surface area contributed by atoms with Crippen molar-refractivity contribution < 1.29 is 14.0 Å². The van der Waals surface area contributed by atoms with E-state index < -0.39 is 11.7 Å². The number of likely N-dealkylation sites (tertiary alicyclic amines) is 1. The van der Waals surface area contributed by atoms with Gasteiger partial charge in [-0.15, -0.1) is 0 Å². The van der Waals surface area contributed by atoms with Crippen molar-refractivity contribution in [3.63, 3.8) is 0 Å². The number of halogens is 2. The van der Waals surface area contributed by atoms with Gasteiger partial charge in [0.05, 0.1) is 16.8 Å². The van der Waals surface area contributed by atoms with E-state index in [0.717, 1.165) is 42.3 Å². The van der Waals surface area contributed by atoms with E-state index >= 15 is 0 Å². The Hall–Kier alpha value is -3.27. The number of amides is 2. The molecule has 0 saturated carbocycles. The third-order valence-corrected chi connectivity index (χ3v) is 6.83. The third kappa shape index (κ3) is 6.05. The van der Waals surface area contributed by atoms with Crippen LogP contribution in [0.4, 0.5) is 15.8 Å². The number of amidine groups is 1. The molecule has 8 heteroatoms. The average molecular weight is 584 g/mol. The van der Waals surface area contributed by atoms with Crippen LogP contribution in [-0.4, -0.2) is 35.6 Å². The Morgan fingerprint density at radius 2 is 1.57 bits per heavy atom. The quantitative estimate of drug-likeness (QED) is 0.142. The number of benzene rings is 3. The SMILES string of the molecule is N=C(c1ccc(C(=O)Nc2ccccc2C(=O)Nc2ccc(CI)cc2)c(F)c1)N1CCCCC1. The highest BCUT2D eigenvalue weighted by Crippen LogP contribution is 2.21. The number of para-hydroxylation sites is 1. The Kier molecular flexibility index (Phi) is 8.12. The normalized spacial score (nSPS) is 13.3. The van der Waals surface area contributed by atoms with Crippen LogP contribution in [0.3, 0.4) is 0 Å². The molecule has 6 nitrogen and oxygen atoms in total. The highest BCUT2D eigenvalue weighted by molar-refractivity contribution is 14.1. The van der Waals surface area contributed by atoms with Gasteiger partial charge in [-0.05, 0) is 61.2 Å². The first-order valence-corrected chi connectivity index (χ1v) is 13.0. The smallest absolute Gasteiger partial charge is 0.258 e. The van der Waals surface area contributed by atoms with Crippen molar-refractivity contribution in [3.05, 3.63) is 94.8 Å². The number of piperidine rings is 1. The number of nitrogens with zero attached hydrogens (tertiary/aromatic N) is 1. The molecule has 4 rings (SSSR count). The van der Waals surface area contributed by atoms with E-state index in [1.165, 1.54) is 12.1 Å². The Labute approximate surface area is 217 Å². The lowest BCUT2D eigenvalue weighted by molar-refractivity contribution is 0.102. The summed E-state index contributed by atoms with van der Waals surface area (Å²) in [6.07, 6.45) is 3.17. The lowest BCUT2D eigenvalue weighted by atomic mass is 10.1. The highest BCUT2D eigenvalue weighted by Gasteiger charge is 2.20. The molecule has 0 aromatic heterocycles. The van der Waals surface area contributed by atoms with Crippen LogP contribution in [0.15, 0.2) is 66.7 Å². The second kappa shape index (κ2) is 11.4. The van der Waals surface area contributed by atoms with Crippen molar-refractivity contribution in [2.45, 2.75) is 23.7 Å². The molecule has 0 unspecified atom stereocenters. The summed E-state index contributed by atoms with van der Waals surface area (Å²) >= 11 is 2.27. The molecule has 1 aliphatic rings. The number of nitrogens with one attached hydrogen (secondary N) is 3. The summed E-state index contributed by atoms with van der Waals surface area (Å²) < 4.78 is 15.8. The van der Waals surface area contributed by atoms with Gasteiger partial charge in [-0.3, -0.25) is 15.0 Å². The predicted octanol–water partition coefficient (Wildman–Crippen LogP) is 6.08. The molecule has 2 amide bonds. The van der Waals surface area contributed by atoms with Crippen LogP contribution in [0.1, 0.15) is 51.1 Å². The van der Waals surface area contributed by atoms with Crippen molar-refractivity contribution in [1.29, 1.82) is 5.41 Å². The summed E-state index contributed by atoms with van der Waals surface area (Å²) in [6.45, 7) is 1.56. The maximum atomic E-state index is 14.9. The van der Waals surface area contributed by atoms with Gasteiger partial charge in [0, 0.05) is 28.8 Å². The van der Waals surface area contributed by atoms with Gasteiger partial charge >= 0.3 is 0 Å². The van der Waals surface area contributed by atoms with Crippen molar-refractivity contribution in [1.82, 2.24) is 4.90 Å². The molecule has 0 aliphatic carbocycles. The molecule has 1 aliphatic heterocycles. The molecular weight excluding hydrogens is 558 g/mol. The third-order valence-electron chi connectivity index (χ3n) is 5.95. The van der Waals surface area contributed by atoms with Crippen LogP contribution in [-0.2, 0) is 4.43 Å². The van der Waals surface area contributed by atoms with E-state index in [-0.39, 0.29) is 28.6 Å². The number of rotatable bonds is 6. The number of carbonyl (C=O) groups is 2. The fourth-order valence-electron chi connectivity index (χ4n) is 4.00. The van der Waals surface area contributed by atoms with Gasteiger partial charge in [0.1, 0.15) is 11.7 Å². The van der Waals surface area contributed by atoms with Crippen molar-refractivity contribution in [3.8, 4) is 0 Å². The molecule has 0 spiro atoms. The Morgan fingerprint density at radius 1 is 0.886 bits per heavy atom. The largest absolute Gasteiger partial charge is 0.357 e. The van der Waals surface area contributed by atoms with Crippen LogP contribution in [0.2, 0.25) is 0 Å². The maximum absolute atomic E-state index is 14.9. The fraction of sp³-hybridized carbons (Fsp3) is 0.222. The fourth-order valence-corrected chi connectivity index (χ4v) is 4.51. The Morgan fingerprint density at radius 3 is 2.26 bits per heavy atom.